The normalized spacial score (nSPS) is 19.2. The third-order valence-electron chi connectivity index (χ3n) is 5.60. The van der Waals surface area contributed by atoms with Gasteiger partial charge in [-0.25, -0.2) is 4.98 Å². The molecule has 1 unspecified atom stereocenters. The summed E-state index contributed by atoms with van der Waals surface area (Å²) in [6.07, 6.45) is 7.83. The van der Waals surface area contributed by atoms with E-state index >= 15 is 0 Å². The average molecular weight is 388 g/mol. The highest BCUT2D eigenvalue weighted by atomic mass is 16.2. The van der Waals surface area contributed by atoms with E-state index in [0.717, 1.165) is 55.3 Å². The van der Waals surface area contributed by atoms with Crippen molar-refractivity contribution in [2.45, 2.75) is 31.7 Å². The molecule has 2 aliphatic rings. The van der Waals surface area contributed by atoms with Gasteiger partial charge in [0.2, 0.25) is 5.91 Å². The van der Waals surface area contributed by atoms with E-state index in [0.29, 0.717) is 12.6 Å². The molecule has 3 aromatic rings. The van der Waals surface area contributed by atoms with Crippen LogP contribution in [0.2, 0.25) is 0 Å². The van der Waals surface area contributed by atoms with Crippen molar-refractivity contribution in [1.82, 2.24) is 25.1 Å². The largest absolute Gasteiger partial charge is 0.354 e. The van der Waals surface area contributed by atoms with Crippen LogP contribution >= 0.6 is 0 Å². The first-order chi connectivity index (χ1) is 14.3. The van der Waals surface area contributed by atoms with Crippen LogP contribution in [0, 0.1) is 5.92 Å². The Morgan fingerprint density at radius 1 is 1.00 bits per heavy atom. The Balaban J connectivity index is 1.32. The molecule has 29 heavy (non-hydrogen) atoms. The summed E-state index contributed by atoms with van der Waals surface area (Å²) < 4.78 is 1.94. The molecule has 1 saturated heterocycles. The second-order valence-electron chi connectivity index (χ2n) is 7.80. The van der Waals surface area contributed by atoms with Gasteiger partial charge in [0, 0.05) is 37.1 Å². The topological polar surface area (TPSA) is 75.9 Å². The monoisotopic (exact) mass is 388 g/mol. The molecule has 7 heteroatoms. The fourth-order valence-electron chi connectivity index (χ4n) is 3.85. The number of amides is 1. The molecule has 2 aromatic heterocycles. The smallest absolute Gasteiger partial charge is 0.225 e. The van der Waals surface area contributed by atoms with E-state index < -0.39 is 0 Å². The van der Waals surface area contributed by atoms with Crippen LogP contribution in [0.15, 0.2) is 54.9 Å². The van der Waals surface area contributed by atoms with Crippen LogP contribution in [-0.2, 0) is 4.79 Å². The molecule has 1 amide bonds. The van der Waals surface area contributed by atoms with E-state index in [1.165, 1.54) is 0 Å². The number of imidazole rings is 1. The molecule has 7 nitrogen and oxygen atoms in total. The van der Waals surface area contributed by atoms with Gasteiger partial charge >= 0.3 is 0 Å². The summed E-state index contributed by atoms with van der Waals surface area (Å²) in [5.41, 5.74) is 1.03. The Hall–Kier alpha value is -3.22. The average Bonchev–Trinajstić information content (AvgIpc) is 3.46. The molecular weight excluding hydrogens is 364 g/mol. The molecule has 0 spiro atoms. The van der Waals surface area contributed by atoms with E-state index in [1.807, 2.05) is 53.2 Å². The van der Waals surface area contributed by atoms with Crippen LogP contribution in [0.1, 0.15) is 25.7 Å². The summed E-state index contributed by atoms with van der Waals surface area (Å²) in [6, 6.07) is 14.4. The van der Waals surface area contributed by atoms with Gasteiger partial charge in [-0.2, -0.15) is 0 Å². The van der Waals surface area contributed by atoms with Crippen molar-refractivity contribution < 1.29 is 4.79 Å². The van der Waals surface area contributed by atoms with E-state index in [-0.39, 0.29) is 11.8 Å². The van der Waals surface area contributed by atoms with Crippen LogP contribution in [0.25, 0.3) is 17.2 Å². The first-order valence-electron chi connectivity index (χ1n) is 10.3. The molecule has 1 aromatic carbocycles. The number of carbonyl (C=O) groups is 1. The first-order valence-corrected chi connectivity index (χ1v) is 10.3. The van der Waals surface area contributed by atoms with Gasteiger partial charge in [-0.3, -0.25) is 9.36 Å². The molecule has 2 fully saturated rings. The molecule has 0 bridgehead atoms. The van der Waals surface area contributed by atoms with E-state index in [9.17, 15) is 4.79 Å². The van der Waals surface area contributed by atoms with Crippen LogP contribution in [0.5, 0.6) is 0 Å². The number of aromatic nitrogens is 4. The van der Waals surface area contributed by atoms with E-state index in [4.69, 9.17) is 0 Å². The predicted octanol–water partition coefficient (Wildman–Crippen LogP) is 2.82. The molecular formula is C22H24N6O. The Kier molecular flexibility index (Phi) is 4.71. The Morgan fingerprint density at radius 3 is 2.55 bits per heavy atom. The highest BCUT2D eigenvalue weighted by molar-refractivity contribution is 5.80. The number of hydrogen-bond acceptors (Lipinski definition) is 5. The third-order valence-corrected chi connectivity index (χ3v) is 5.60. The maximum absolute atomic E-state index is 12.4. The predicted molar refractivity (Wildman–Crippen MR) is 111 cm³/mol. The van der Waals surface area contributed by atoms with Crippen LogP contribution < -0.4 is 10.2 Å². The quantitative estimate of drug-likeness (QED) is 0.727. The van der Waals surface area contributed by atoms with Gasteiger partial charge in [-0.05, 0) is 37.8 Å². The van der Waals surface area contributed by atoms with Crippen molar-refractivity contribution in [2.75, 3.05) is 18.0 Å². The second-order valence-corrected chi connectivity index (χ2v) is 7.80. The first kappa shape index (κ1) is 17.8. The molecule has 148 valence electrons. The lowest BCUT2D eigenvalue weighted by Crippen LogP contribution is -2.44. The minimum Gasteiger partial charge on any atom is -0.354 e. The zero-order valence-corrected chi connectivity index (χ0v) is 16.2. The molecule has 1 N–H and O–H groups in total. The molecule has 1 aliphatic heterocycles. The second kappa shape index (κ2) is 7.66. The lowest BCUT2D eigenvalue weighted by molar-refractivity contribution is -0.125. The number of carbonyl (C=O) groups excluding carboxylic acids is 1. The minimum absolute atomic E-state index is 0.0316. The fourth-order valence-corrected chi connectivity index (χ4v) is 3.85. The van der Waals surface area contributed by atoms with Gasteiger partial charge < -0.3 is 10.2 Å². The number of piperidine rings is 1. The van der Waals surface area contributed by atoms with Gasteiger partial charge in [0.25, 0.3) is 0 Å². The molecule has 3 heterocycles. The fraction of sp³-hybridized carbons (Fsp3) is 0.364. The summed E-state index contributed by atoms with van der Waals surface area (Å²) in [5.74, 6) is 2.60. The number of nitrogens with zero attached hydrogens (tertiary/aromatic N) is 5. The summed E-state index contributed by atoms with van der Waals surface area (Å²) in [4.78, 5) is 19.1. The van der Waals surface area contributed by atoms with Gasteiger partial charge in [-0.15, -0.1) is 10.2 Å². The van der Waals surface area contributed by atoms with Crippen LogP contribution in [0.3, 0.4) is 0 Å². The van der Waals surface area contributed by atoms with Gasteiger partial charge in [0.05, 0.1) is 5.92 Å². The molecule has 5 rings (SSSR count). The van der Waals surface area contributed by atoms with Crippen LogP contribution in [-0.4, -0.2) is 44.8 Å². The Bertz CT molecular complexity index is 980. The van der Waals surface area contributed by atoms with Crippen LogP contribution in [0.4, 0.5) is 5.82 Å². The molecule has 0 radical (unpaired) electrons. The van der Waals surface area contributed by atoms with Crippen molar-refractivity contribution in [3.8, 4) is 17.2 Å². The Morgan fingerprint density at radius 2 is 1.79 bits per heavy atom. The summed E-state index contributed by atoms with van der Waals surface area (Å²) in [5, 5.41) is 12.0. The maximum atomic E-state index is 12.4. The SMILES string of the molecule is O=C(NC1CC1)C1CCCN(c2ccc(-n3ccnc3-c3ccccc3)nn2)C1. The Labute approximate surface area is 169 Å². The number of rotatable bonds is 5. The summed E-state index contributed by atoms with van der Waals surface area (Å²) in [6.45, 7) is 1.61. The number of hydrogen-bond donors (Lipinski definition) is 1. The summed E-state index contributed by atoms with van der Waals surface area (Å²) >= 11 is 0. The van der Waals surface area contributed by atoms with E-state index in [1.54, 1.807) is 6.20 Å². The maximum Gasteiger partial charge on any atom is 0.225 e. The van der Waals surface area contributed by atoms with Crippen molar-refractivity contribution in [2.24, 2.45) is 5.92 Å². The van der Waals surface area contributed by atoms with Gasteiger partial charge in [0.1, 0.15) is 5.82 Å². The number of anilines is 1. The molecule has 1 atom stereocenters. The summed E-state index contributed by atoms with van der Waals surface area (Å²) in [7, 11) is 0. The van der Waals surface area contributed by atoms with E-state index in [2.05, 4.69) is 25.4 Å². The van der Waals surface area contributed by atoms with Crippen molar-refractivity contribution in [3.05, 3.63) is 54.9 Å². The molecule has 1 aliphatic carbocycles. The number of nitrogens with one attached hydrogen (secondary N) is 1. The lowest BCUT2D eigenvalue weighted by Gasteiger charge is -2.32. The molecule has 1 saturated carbocycles. The minimum atomic E-state index is 0.0316. The van der Waals surface area contributed by atoms with Crippen molar-refractivity contribution >= 4 is 11.7 Å². The standard InChI is InChI=1S/C22H24N6O/c29-22(24-18-8-9-18)17-7-4-13-27(15-17)19-10-11-20(26-25-19)28-14-12-23-21(28)16-5-2-1-3-6-16/h1-3,5-6,10-12,14,17-18H,4,7-9,13,15H2,(H,24,29). The van der Waals surface area contributed by atoms with Crippen molar-refractivity contribution in [3.63, 3.8) is 0 Å². The highest BCUT2D eigenvalue weighted by Gasteiger charge is 2.31. The number of benzene rings is 1. The third kappa shape index (κ3) is 3.85. The zero-order valence-electron chi connectivity index (χ0n) is 16.2. The van der Waals surface area contributed by atoms with Crippen molar-refractivity contribution in [1.29, 1.82) is 0 Å². The van der Waals surface area contributed by atoms with Gasteiger partial charge in [-0.1, -0.05) is 30.3 Å². The van der Waals surface area contributed by atoms with Gasteiger partial charge in [0.15, 0.2) is 11.6 Å². The highest BCUT2D eigenvalue weighted by Crippen LogP contribution is 2.25. The zero-order chi connectivity index (χ0) is 19.6. The lowest BCUT2D eigenvalue weighted by atomic mass is 9.97.